The van der Waals surface area contributed by atoms with Gasteiger partial charge in [-0.15, -0.1) is 0 Å². The number of carbonyl (C=O) groups is 1. The molecule has 1 heterocycles. The first-order chi connectivity index (χ1) is 5.75. The van der Waals surface area contributed by atoms with Crippen molar-refractivity contribution in [2.45, 2.75) is 19.4 Å². The molecule has 1 aliphatic heterocycles. The summed E-state index contributed by atoms with van der Waals surface area (Å²) in [7, 11) is 0. The van der Waals surface area contributed by atoms with E-state index in [1.54, 1.807) is 6.92 Å². The van der Waals surface area contributed by atoms with Gasteiger partial charge in [0.25, 0.3) is 0 Å². The van der Waals surface area contributed by atoms with Gasteiger partial charge >= 0.3 is 5.97 Å². The molecule has 0 aliphatic carbocycles. The SMILES string of the molecule is CCOC(=O)C1CCOCC1N. The Kier molecular flexibility index (Phi) is 3.49. The molecule has 0 aromatic heterocycles. The van der Waals surface area contributed by atoms with Gasteiger partial charge in [0.05, 0.1) is 19.1 Å². The lowest BCUT2D eigenvalue weighted by atomic mass is 9.96. The van der Waals surface area contributed by atoms with E-state index in [1.807, 2.05) is 0 Å². The summed E-state index contributed by atoms with van der Waals surface area (Å²) in [6.07, 6.45) is 0.681. The summed E-state index contributed by atoms with van der Waals surface area (Å²) in [5.74, 6) is -0.355. The summed E-state index contributed by atoms with van der Waals surface area (Å²) in [5, 5.41) is 0. The lowest BCUT2D eigenvalue weighted by Crippen LogP contribution is -2.44. The molecule has 0 spiro atoms. The highest BCUT2D eigenvalue weighted by molar-refractivity contribution is 5.73. The maximum atomic E-state index is 11.3. The summed E-state index contributed by atoms with van der Waals surface area (Å²) in [4.78, 5) is 11.3. The number of esters is 1. The topological polar surface area (TPSA) is 61.5 Å². The second-order valence-corrected chi connectivity index (χ2v) is 2.89. The van der Waals surface area contributed by atoms with Crippen LogP contribution < -0.4 is 5.73 Å². The summed E-state index contributed by atoms with van der Waals surface area (Å²) in [6.45, 7) is 3.28. The van der Waals surface area contributed by atoms with E-state index in [-0.39, 0.29) is 17.9 Å². The van der Waals surface area contributed by atoms with Crippen LogP contribution in [0.15, 0.2) is 0 Å². The number of carbonyl (C=O) groups excluding carboxylic acids is 1. The average Bonchev–Trinajstić information content (AvgIpc) is 2.05. The maximum absolute atomic E-state index is 11.3. The number of hydrogen-bond acceptors (Lipinski definition) is 4. The second kappa shape index (κ2) is 4.42. The molecule has 0 bridgehead atoms. The normalized spacial score (nSPS) is 29.8. The van der Waals surface area contributed by atoms with Gasteiger partial charge in [0.2, 0.25) is 0 Å². The van der Waals surface area contributed by atoms with Crippen molar-refractivity contribution in [1.82, 2.24) is 0 Å². The molecule has 0 amide bonds. The van der Waals surface area contributed by atoms with Crippen molar-refractivity contribution < 1.29 is 14.3 Å². The third-order valence-electron chi connectivity index (χ3n) is 1.99. The van der Waals surface area contributed by atoms with Crippen LogP contribution in [0.2, 0.25) is 0 Å². The van der Waals surface area contributed by atoms with Crippen molar-refractivity contribution in [1.29, 1.82) is 0 Å². The van der Waals surface area contributed by atoms with Gasteiger partial charge in [-0.2, -0.15) is 0 Å². The molecule has 0 radical (unpaired) electrons. The fraction of sp³-hybridized carbons (Fsp3) is 0.875. The molecule has 1 rings (SSSR count). The van der Waals surface area contributed by atoms with Crippen LogP contribution in [0, 0.1) is 5.92 Å². The summed E-state index contributed by atoms with van der Waals surface area (Å²) < 4.78 is 9.98. The minimum atomic E-state index is -0.196. The molecule has 4 nitrogen and oxygen atoms in total. The van der Waals surface area contributed by atoms with Gasteiger partial charge in [-0.25, -0.2) is 0 Å². The van der Waals surface area contributed by atoms with E-state index in [4.69, 9.17) is 15.2 Å². The predicted molar refractivity (Wildman–Crippen MR) is 43.5 cm³/mol. The van der Waals surface area contributed by atoms with Gasteiger partial charge in [0, 0.05) is 12.6 Å². The quantitative estimate of drug-likeness (QED) is 0.593. The van der Waals surface area contributed by atoms with Crippen LogP contribution in [0.1, 0.15) is 13.3 Å². The highest BCUT2D eigenvalue weighted by Gasteiger charge is 2.29. The predicted octanol–water partition coefficient (Wildman–Crippen LogP) is -0.0867. The molecule has 0 saturated carbocycles. The summed E-state index contributed by atoms with van der Waals surface area (Å²) >= 11 is 0. The van der Waals surface area contributed by atoms with E-state index < -0.39 is 0 Å². The molecule has 1 aliphatic rings. The first-order valence-electron chi connectivity index (χ1n) is 4.25. The van der Waals surface area contributed by atoms with Crippen LogP contribution in [0.5, 0.6) is 0 Å². The third kappa shape index (κ3) is 2.19. The van der Waals surface area contributed by atoms with Gasteiger partial charge in [0.1, 0.15) is 0 Å². The molecule has 1 saturated heterocycles. The van der Waals surface area contributed by atoms with Gasteiger partial charge in [-0.1, -0.05) is 0 Å². The first kappa shape index (κ1) is 9.48. The Morgan fingerprint density at radius 2 is 2.50 bits per heavy atom. The smallest absolute Gasteiger partial charge is 0.310 e. The Labute approximate surface area is 72.0 Å². The number of rotatable bonds is 2. The van der Waals surface area contributed by atoms with Crippen molar-refractivity contribution >= 4 is 5.97 Å². The fourth-order valence-corrected chi connectivity index (χ4v) is 1.30. The minimum Gasteiger partial charge on any atom is -0.466 e. The first-order valence-corrected chi connectivity index (χ1v) is 4.25. The Morgan fingerprint density at radius 1 is 1.75 bits per heavy atom. The average molecular weight is 173 g/mol. The van der Waals surface area contributed by atoms with Crippen molar-refractivity contribution in [3.05, 3.63) is 0 Å². The van der Waals surface area contributed by atoms with Crippen LogP contribution in [-0.4, -0.2) is 31.8 Å². The van der Waals surface area contributed by atoms with Crippen molar-refractivity contribution in [3.8, 4) is 0 Å². The van der Waals surface area contributed by atoms with Crippen molar-refractivity contribution in [2.24, 2.45) is 11.7 Å². The fourth-order valence-electron chi connectivity index (χ4n) is 1.30. The lowest BCUT2D eigenvalue weighted by Gasteiger charge is -2.26. The summed E-state index contributed by atoms with van der Waals surface area (Å²) in [5.41, 5.74) is 5.68. The largest absolute Gasteiger partial charge is 0.466 e. The van der Waals surface area contributed by atoms with Gasteiger partial charge in [-0.3, -0.25) is 4.79 Å². The zero-order valence-corrected chi connectivity index (χ0v) is 7.29. The monoisotopic (exact) mass is 173 g/mol. The number of nitrogens with two attached hydrogens (primary N) is 1. The van der Waals surface area contributed by atoms with Crippen molar-refractivity contribution in [3.63, 3.8) is 0 Å². The molecule has 4 heteroatoms. The van der Waals surface area contributed by atoms with E-state index in [0.29, 0.717) is 26.2 Å². The molecule has 1 fully saturated rings. The Balaban J connectivity index is 2.42. The van der Waals surface area contributed by atoms with Gasteiger partial charge in [-0.05, 0) is 13.3 Å². The van der Waals surface area contributed by atoms with Crippen LogP contribution in [0.25, 0.3) is 0 Å². The minimum absolute atomic E-state index is 0.168. The van der Waals surface area contributed by atoms with Gasteiger partial charge < -0.3 is 15.2 Å². The van der Waals surface area contributed by atoms with Gasteiger partial charge in [0.15, 0.2) is 0 Å². The van der Waals surface area contributed by atoms with Crippen LogP contribution >= 0.6 is 0 Å². The molecular weight excluding hydrogens is 158 g/mol. The third-order valence-corrected chi connectivity index (χ3v) is 1.99. The Morgan fingerprint density at radius 3 is 3.08 bits per heavy atom. The Hall–Kier alpha value is -0.610. The van der Waals surface area contributed by atoms with Crippen LogP contribution in [-0.2, 0) is 14.3 Å². The van der Waals surface area contributed by atoms with Crippen LogP contribution in [0.3, 0.4) is 0 Å². The molecule has 0 aromatic rings. The van der Waals surface area contributed by atoms with E-state index in [9.17, 15) is 4.79 Å². The van der Waals surface area contributed by atoms with E-state index in [2.05, 4.69) is 0 Å². The highest BCUT2D eigenvalue weighted by atomic mass is 16.5. The molecule has 0 aromatic carbocycles. The zero-order valence-electron chi connectivity index (χ0n) is 7.29. The van der Waals surface area contributed by atoms with E-state index in [1.165, 1.54) is 0 Å². The van der Waals surface area contributed by atoms with E-state index in [0.717, 1.165) is 0 Å². The van der Waals surface area contributed by atoms with E-state index >= 15 is 0 Å². The Bertz CT molecular complexity index is 160. The molecule has 2 atom stereocenters. The molecule has 12 heavy (non-hydrogen) atoms. The number of hydrogen-bond donors (Lipinski definition) is 1. The molecule has 2 unspecified atom stereocenters. The second-order valence-electron chi connectivity index (χ2n) is 2.89. The molecule has 70 valence electrons. The summed E-state index contributed by atoms with van der Waals surface area (Å²) in [6, 6.07) is -0.196. The highest BCUT2D eigenvalue weighted by Crippen LogP contribution is 2.15. The zero-order chi connectivity index (χ0) is 8.97. The molecule has 2 N–H and O–H groups in total. The van der Waals surface area contributed by atoms with Crippen molar-refractivity contribution in [2.75, 3.05) is 19.8 Å². The number of ether oxygens (including phenoxy) is 2. The standard InChI is InChI=1S/C8H15NO3/c1-2-12-8(10)6-3-4-11-5-7(6)9/h6-7H,2-5,9H2,1H3. The maximum Gasteiger partial charge on any atom is 0.310 e. The molecular formula is C8H15NO3. The lowest BCUT2D eigenvalue weighted by molar-refractivity contribution is -0.152. The van der Waals surface area contributed by atoms with Crippen LogP contribution in [0.4, 0.5) is 0 Å².